The van der Waals surface area contributed by atoms with Crippen molar-refractivity contribution < 1.29 is 0 Å². The molecule has 18 heavy (non-hydrogen) atoms. The first-order chi connectivity index (χ1) is 8.83. The lowest BCUT2D eigenvalue weighted by Crippen LogP contribution is -2.43. The predicted octanol–water partition coefficient (Wildman–Crippen LogP) is 3.21. The fourth-order valence-electron chi connectivity index (χ4n) is 2.84. The third-order valence-electron chi connectivity index (χ3n) is 4.08. The van der Waals surface area contributed by atoms with Gasteiger partial charge in [-0.2, -0.15) is 0 Å². The van der Waals surface area contributed by atoms with Gasteiger partial charge in [0.25, 0.3) is 0 Å². The Morgan fingerprint density at radius 2 is 1.83 bits per heavy atom. The Morgan fingerprint density at radius 1 is 1.17 bits per heavy atom. The van der Waals surface area contributed by atoms with Crippen LogP contribution < -0.4 is 5.32 Å². The summed E-state index contributed by atoms with van der Waals surface area (Å²) >= 11 is 0. The summed E-state index contributed by atoms with van der Waals surface area (Å²) in [5.74, 6) is 0. The molecule has 1 aromatic carbocycles. The number of hydrogen-bond donors (Lipinski definition) is 1. The Morgan fingerprint density at radius 3 is 2.39 bits per heavy atom. The highest BCUT2D eigenvalue weighted by Crippen LogP contribution is 2.20. The van der Waals surface area contributed by atoms with Crippen LogP contribution in [0.3, 0.4) is 0 Å². The van der Waals surface area contributed by atoms with Gasteiger partial charge in [-0.1, -0.05) is 44.2 Å². The predicted molar refractivity (Wildman–Crippen MR) is 77.7 cm³/mol. The molecule has 1 aromatic rings. The van der Waals surface area contributed by atoms with E-state index in [0.29, 0.717) is 12.1 Å². The molecule has 0 bridgehead atoms. The van der Waals surface area contributed by atoms with E-state index in [9.17, 15) is 0 Å². The van der Waals surface area contributed by atoms with Gasteiger partial charge in [-0.15, -0.1) is 0 Å². The molecule has 2 heteroatoms. The van der Waals surface area contributed by atoms with Gasteiger partial charge in [-0.05, 0) is 44.5 Å². The standard InChI is InChI=1S/C16H26N2/c1-3-16(14-8-6-5-7-9-14)17-15-10-12-18(4-2)13-11-15/h5-9,15-17H,3-4,10-13H2,1-2H3. The molecule has 1 heterocycles. The summed E-state index contributed by atoms with van der Waals surface area (Å²) in [7, 11) is 0. The minimum absolute atomic E-state index is 0.518. The van der Waals surface area contributed by atoms with Gasteiger partial charge in [0.2, 0.25) is 0 Å². The van der Waals surface area contributed by atoms with Crippen molar-refractivity contribution in [1.82, 2.24) is 10.2 Å². The topological polar surface area (TPSA) is 15.3 Å². The van der Waals surface area contributed by atoms with Crippen molar-refractivity contribution >= 4 is 0 Å². The molecule has 0 saturated carbocycles. The Bertz CT molecular complexity index is 328. The average molecular weight is 246 g/mol. The van der Waals surface area contributed by atoms with E-state index in [1.807, 2.05) is 0 Å². The van der Waals surface area contributed by atoms with Gasteiger partial charge in [0, 0.05) is 12.1 Å². The Kier molecular flexibility index (Phi) is 5.21. The molecule has 1 aliphatic heterocycles. The van der Waals surface area contributed by atoms with Crippen LogP contribution in [0.1, 0.15) is 44.7 Å². The van der Waals surface area contributed by atoms with E-state index in [2.05, 4.69) is 54.4 Å². The van der Waals surface area contributed by atoms with Crippen molar-refractivity contribution in [1.29, 1.82) is 0 Å². The zero-order chi connectivity index (χ0) is 12.8. The van der Waals surface area contributed by atoms with Gasteiger partial charge in [0.05, 0.1) is 0 Å². The summed E-state index contributed by atoms with van der Waals surface area (Å²) < 4.78 is 0. The molecule has 0 amide bonds. The summed E-state index contributed by atoms with van der Waals surface area (Å²) in [5.41, 5.74) is 1.43. The number of hydrogen-bond acceptors (Lipinski definition) is 2. The number of nitrogens with one attached hydrogen (secondary N) is 1. The molecule has 1 atom stereocenters. The van der Waals surface area contributed by atoms with Crippen LogP contribution in [0.15, 0.2) is 30.3 Å². The molecular weight excluding hydrogens is 220 g/mol. The molecule has 2 rings (SSSR count). The van der Waals surface area contributed by atoms with Crippen LogP contribution in [0.5, 0.6) is 0 Å². The minimum atomic E-state index is 0.518. The van der Waals surface area contributed by atoms with E-state index in [-0.39, 0.29) is 0 Å². The first-order valence-electron chi connectivity index (χ1n) is 7.36. The summed E-state index contributed by atoms with van der Waals surface area (Å²) in [5, 5.41) is 3.84. The lowest BCUT2D eigenvalue weighted by Gasteiger charge is -2.34. The zero-order valence-corrected chi connectivity index (χ0v) is 11.7. The Labute approximate surface area is 111 Å². The zero-order valence-electron chi connectivity index (χ0n) is 11.7. The van der Waals surface area contributed by atoms with Gasteiger partial charge in [-0.25, -0.2) is 0 Å². The fraction of sp³-hybridized carbons (Fsp3) is 0.625. The van der Waals surface area contributed by atoms with Crippen molar-refractivity contribution in [2.24, 2.45) is 0 Å². The summed E-state index contributed by atoms with van der Waals surface area (Å²) in [6.07, 6.45) is 3.74. The Balaban J connectivity index is 1.88. The maximum atomic E-state index is 3.84. The molecule has 1 N–H and O–H groups in total. The van der Waals surface area contributed by atoms with E-state index in [1.165, 1.54) is 38.0 Å². The number of piperidine rings is 1. The van der Waals surface area contributed by atoms with E-state index in [1.54, 1.807) is 0 Å². The van der Waals surface area contributed by atoms with Crippen LogP contribution in [0.4, 0.5) is 0 Å². The van der Waals surface area contributed by atoms with E-state index < -0.39 is 0 Å². The molecule has 1 unspecified atom stereocenters. The maximum absolute atomic E-state index is 3.84. The second-order valence-electron chi connectivity index (χ2n) is 5.25. The second-order valence-corrected chi connectivity index (χ2v) is 5.25. The normalized spacial score (nSPS) is 19.9. The highest BCUT2D eigenvalue weighted by Gasteiger charge is 2.20. The number of benzene rings is 1. The smallest absolute Gasteiger partial charge is 0.0320 e. The fourth-order valence-corrected chi connectivity index (χ4v) is 2.84. The van der Waals surface area contributed by atoms with Crippen molar-refractivity contribution in [3.63, 3.8) is 0 Å². The van der Waals surface area contributed by atoms with Gasteiger partial charge in [-0.3, -0.25) is 0 Å². The largest absolute Gasteiger partial charge is 0.307 e. The highest BCUT2D eigenvalue weighted by atomic mass is 15.1. The SMILES string of the molecule is CCC(NC1CCN(CC)CC1)c1ccccc1. The van der Waals surface area contributed by atoms with Crippen LogP contribution in [0.2, 0.25) is 0 Å². The summed E-state index contributed by atoms with van der Waals surface area (Å²) in [6.45, 7) is 8.22. The molecule has 1 fully saturated rings. The van der Waals surface area contributed by atoms with Gasteiger partial charge < -0.3 is 10.2 Å². The van der Waals surface area contributed by atoms with Gasteiger partial charge >= 0.3 is 0 Å². The minimum Gasteiger partial charge on any atom is -0.307 e. The third kappa shape index (κ3) is 3.56. The first kappa shape index (κ1) is 13.6. The highest BCUT2D eigenvalue weighted by molar-refractivity contribution is 5.18. The number of likely N-dealkylation sites (tertiary alicyclic amines) is 1. The lowest BCUT2D eigenvalue weighted by molar-refractivity contribution is 0.198. The number of rotatable bonds is 5. The van der Waals surface area contributed by atoms with Crippen molar-refractivity contribution in [2.45, 2.75) is 45.2 Å². The first-order valence-corrected chi connectivity index (χ1v) is 7.36. The Hall–Kier alpha value is -0.860. The second kappa shape index (κ2) is 6.91. The molecule has 1 aliphatic rings. The maximum Gasteiger partial charge on any atom is 0.0320 e. The van der Waals surface area contributed by atoms with Crippen molar-refractivity contribution in [3.8, 4) is 0 Å². The van der Waals surface area contributed by atoms with E-state index in [4.69, 9.17) is 0 Å². The third-order valence-corrected chi connectivity index (χ3v) is 4.08. The quantitative estimate of drug-likeness (QED) is 0.858. The average Bonchev–Trinajstić information content (AvgIpc) is 2.46. The van der Waals surface area contributed by atoms with Crippen molar-refractivity contribution in [2.75, 3.05) is 19.6 Å². The lowest BCUT2D eigenvalue weighted by atomic mass is 9.99. The summed E-state index contributed by atoms with van der Waals surface area (Å²) in [4.78, 5) is 2.54. The number of nitrogens with zero attached hydrogens (tertiary/aromatic N) is 1. The molecule has 0 aliphatic carbocycles. The monoisotopic (exact) mass is 246 g/mol. The van der Waals surface area contributed by atoms with E-state index in [0.717, 1.165) is 6.42 Å². The molecule has 0 spiro atoms. The molecule has 0 aromatic heterocycles. The molecular formula is C16H26N2. The van der Waals surface area contributed by atoms with Crippen LogP contribution in [-0.2, 0) is 0 Å². The van der Waals surface area contributed by atoms with Crippen LogP contribution >= 0.6 is 0 Å². The van der Waals surface area contributed by atoms with Crippen LogP contribution in [-0.4, -0.2) is 30.6 Å². The molecule has 1 saturated heterocycles. The van der Waals surface area contributed by atoms with Gasteiger partial charge in [0.1, 0.15) is 0 Å². The van der Waals surface area contributed by atoms with Crippen molar-refractivity contribution in [3.05, 3.63) is 35.9 Å². The molecule has 2 nitrogen and oxygen atoms in total. The van der Waals surface area contributed by atoms with Crippen LogP contribution in [0.25, 0.3) is 0 Å². The van der Waals surface area contributed by atoms with Crippen LogP contribution in [0, 0.1) is 0 Å². The summed E-state index contributed by atoms with van der Waals surface area (Å²) in [6, 6.07) is 12.1. The van der Waals surface area contributed by atoms with E-state index >= 15 is 0 Å². The molecule has 0 radical (unpaired) electrons. The molecule has 100 valence electrons. The van der Waals surface area contributed by atoms with Gasteiger partial charge in [0.15, 0.2) is 0 Å².